The quantitative estimate of drug-likeness (QED) is 0.523. The SMILES string of the molecule is N=C=NCCCNc1ccccc1. The van der Waals surface area contributed by atoms with Crippen LogP contribution in [-0.2, 0) is 0 Å². The molecule has 1 aromatic carbocycles. The Bertz CT molecular complexity index is 275. The van der Waals surface area contributed by atoms with E-state index in [0.29, 0.717) is 6.54 Å². The normalized spacial score (nSPS) is 8.92. The zero-order valence-corrected chi connectivity index (χ0v) is 7.46. The van der Waals surface area contributed by atoms with E-state index in [1.165, 1.54) is 0 Å². The van der Waals surface area contributed by atoms with Gasteiger partial charge >= 0.3 is 0 Å². The molecular weight excluding hydrogens is 162 g/mol. The molecule has 68 valence electrons. The van der Waals surface area contributed by atoms with Gasteiger partial charge in [0.05, 0.1) is 12.6 Å². The first kappa shape index (κ1) is 9.49. The maximum atomic E-state index is 6.57. The molecule has 0 aliphatic heterocycles. The van der Waals surface area contributed by atoms with Gasteiger partial charge in [0.25, 0.3) is 0 Å². The first-order valence-electron chi connectivity index (χ1n) is 4.30. The average Bonchev–Trinajstić information content (AvgIpc) is 2.19. The van der Waals surface area contributed by atoms with E-state index in [4.69, 9.17) is 5.41 Å². The minimum absolute atomic E-state index is 0.670. The van der Waals surface area contributed by atoms with Crippen LogP contribution in [0, 0.1) is 5.41 Å². The second-order valence-corrected chi connectivity index (χ2v) is 2.64. The van der Waals surface area contributed by atoms with Crippen LogP contribution in [0.5, 0.6) is 0 Å². The van der Waals surface area contributed by atoms with Crippen molar-refractivity contribution < 1.29 is 0 Å². The highest BCUT2D eigenvalue weighted by Crippen LogP contribution is 2.04. The van der Waals surface area contributed by atoms with Crippen molar-refractivity contribution in [1.82, 2.24) is 0 Å². The van der Waals surface area contributed by atoms with Crippen LogP contribution in [0.1, 0.15) is 6.42 Å². The van der Waals surface area contributed by atoms with E-state index in [-0.39, 0.29) is 0 Å². The number of anilines is 1. The highest BCUT2D eigenvalue weighted by molar-refractivity contribution is 5.42. The highest BCUT2D eigenvalue weighted by Gasteiger charge is 1.87. The van der Waals surface area contributed by atoms with Crippen molar-refractivity contribution in [3.63, 3.8) is 0 Å². The Morgan fingerprint density at radius 1 is 1.31 bits per heavy atom. The summed E-state index contributed by atoms with van der Waals surface area (Å²) < 4.78 is 0. The number of para-hydroxylation sites is 1. The van der Waals surface area contributed by atoms with Gasteiger partial charge in [-0.25, -0.2) is 10.4 Å². The van der Waals surface area contributed by atoms with E-state index in [0.717, 1.165) is 18.7 Å². The second kappa shape index (κ2) is 5.98. The first-order chi connectivity index (χ1) is 6.43. The molecule has 0 saturated heterocycles. The van der Waals surface area contributed by atoms with Crippen molar-refractivity contribution in [1.29, 1.82) is 5.41 Å². The van der Waals surface area contributed by atoms with Gasteiger partial charge in [-0.2, -0.15) is 0 Å². The topological polar surface area (TPSA) is 48.2 Å². The van der Waals surface area contributed by atoms with E-state index in [2.05, 4.69) is 10.3 Å². The molecule has 0 amide bonds. The third kappa shape index (κ3) is 4.09. The monoisotopic (exact) mass is 175 g/mol. The second-order valence-electron chi connectivity index (χ2n) is 2.64. The largest absolute Gasteiger partial charge is 0.385 e. The standard InChI is InChI=1S/C10H13N3/c11-9-12-7-4-8-13-10-5-2-1-3-6-10/h1-3,5-6,11,13H,4,7-8H2. The molecule has 0 aliphatic carbocycles. The minimum Gasteiger partial charge on any atom is -0.385 e. The van der Waals surface area contributed by atoms with Gasteiger partial charge in [0.1, 0.15) is 0 Å². The lowest BCUT2D eigenvalue weighted by Crippen LogP contribution is -2.02. The van der Waals surface area contributed by atoms with Crippen molar-refractivity contribution >= 4 is 11.7 Å². The van der Waals surface area contributed by atoms with Crippen LogP contribution in [0.15, 0.2) is 35.3 Å². The van der Waals surface area contributed by atoms with E-state index in [1.54, 1.807) is 0 Å². The Morgan fingerprint density at radius 2 is 2.08 bits per heavy atom. The Labute approximate surface area is 78.0 Å². The fourth-order valence-corrected chi connectivity index (χ4v) is 1.00. The number of nitrogens with zero attached hydrogens (tertiary/aromatic N) is 1. The molecule has 0 aliphatic rings. The summed E-state index contributed by atoms with van der Waals surface area (Å²) in [4.78, 5) is 3.68. The van der Waals surface area contributed by atoms with Crippen molar-refractivity contribution in [3.8, 4) is 0 Å². The number of hydrogen-bond acceptors (Lipinski definition) is 3. The summed E-state index contributed by atoms with van der Waals surface area (Å²) in [5.41, 5.74) is 1.13. The summed E-state index contributed by atoms with van der Waals surface area (Å²) in [6, 6.07) is 12.1. The Hall–Kier alpha value is -1.60. The van der Waals surface area contributed by atoms with Gasteiger partial charge in [0.2, 0.25) is 0 Å². The van der Waals surface area contributed by atoms with Crippen LogP contribution in [0.4, 0.5) is 5.69 Å². The molecular formula is C10H13N3. The number of rotatable bonds is 5. The van der Waals surface area contributed by atoms with Gasteiger partial charge in [-0.05, 0) is 18.6 Å². The number of nitrogens with one attached hydrogen (secondary N) is 2. The molecule has 0 aromatic heterocycles. The average molecular weight is 175 g/mol. The molecule has 0 spiro atoms. The smallest absolute Gasteiger partial charge is 0.0861 e. The molecule has 0 saturated carbocycles. The predicted molar refractivity (Wildman–Crippen MR) is 54.6 cm³/mol. The summed E-state index contributed by atoms with van der Waals surface area (Å²) in [5.74, 6) is 0. The lowest BCUT2D eigenvalue weighted by Gasteiger charge is -2.03. The van der Waals surface area contributed by atoms with Gasteiger partial charge < -0.3 is 5.32 Å². The van der Waals surface area contributed by atoms with E-state index in [9.17, 15) is 0 Å². The van der Waals surface area contributed by atoms with Crippen LogP contribution < -0.4 is 5.32 Å². The molecule has 0 atom stereocenters. The van der Waals surface area contributed by atoms with Crippen LogP contribution in [0.25, 0.3) is 0 Å². The van der Waals surface area contributed by atoms with Gasteiger partial charge in [0, 0.05) is 12.2 Å². The molecule has 0 unspecified atom stereocenters. The molecule has 13 heavy (non-hydrogen) atoms. The van der Waals surface area contributed by atoms with Crippen LogP contribution in [0.3, 0.4) is 0 Å². The molecule has 1 rings (SSSR count). The zero-order valence-electron chi connectivity index (χ0n) is 7.46. The summed E-state index contributed by atoms with van der Waals surface area (Å²) in [6.45, 7) is 1.55. The molecule has 0 bridgehead atoms. The van der Waals surface area contributed by atoms with Gasteiger partial charge in [-0.3, -0.25) is 0 Å². The first-order valence-corrected chi connectivity index (χ1v) is 4.30. The molecule has 1 aromatic rings. The Morgan fingerprint density at radius 3 is 2.77 bits per heavy atom. The fraction of sp³-hybridized carbons (Fsp3) is 0.300. The summed E-state index contributed by atoms with van der Waals surface area (Å²) in [5, 5.41) is 9.82. The van der Waals surface area contributed by atoms with Crippen LogP contribution in [0.2, 0.25) is 0 Å². The van der Waals surface area contributed by atoms with Crippen molar-refractivity contribution in [3.05, 3.63) is 30.3 Å². The van der Waals surface area contributed by atoms with Crippen molar-refractivity contribution in [2.75, 3.05) is 18.4 Å². The van der Waals surface area contributed by atoms with Gasteiger partial charge in [0.15, 0.2) is 0 Å². The Balaban J connectivity index is 2.17. The van der Waals surface area contributed by atoms with E-state index < -0.39 is 0 Å². The minimum atomic E-state index is 0.670. The maximum Gasteiger partial charge on any atom is 0.0861 e. The highest BCUT2D eigenvalue weighted by atomic mass is 14.9. The van der Waals surface area contributed by atoms with Gasteiger partial charge in [-0.1, -0.05) is 18.2 Å². The maximum absolute atomic E-state index is 6.57. The van der Waals surface area contributed by atoms with Crippen LogP contribution in [-0.4, -0.2) is 19.1 Å². The lowest BCUT2D eigenvalue weighted by atomic mass is 10.3. The third-order valence-corrected chi connectivity index (χ3v) is 1.63. The number of benzene rings is 1. The summed E-state index contributed by atoms with van der Waals surface area (Å²) >= 11 is 0. The van der Waals surface area contributed by atoms with Crippen molar-refractivity contribution in [2.24, 2.45) is 4.99 Å². The van der Waals surface area contributed by atoms with E-state index in [1.807, 2.05) is 36.3 Å². The molecule has 3 heteroatoms. The third-order valence-electron chi connectivity index (χ3n) is 1.63. The zero-order chi connectivity index (χ0) is 9.36. The van der Waals surface area contributed by atoms with E-state index >= 15 is 0 Å². The number of aliphatic imine (C=N–C) groups is 1. The Kier molecular flexibility index (Phi) is 4.36. The molecule has 0 radical (unpaired) electrons. The van der Waals surface area contributed by atoms with Gasteiger partial charge in [-0.15, -0.1) is 0 Å². The molecule has 3 nitrogen and oxygen atoms in total. The van der Waals surface area contributed by atoms with Crippen LogP contribution >= 0.6 is 0 Å². The molecule has 2 N–H and O–H groups in total. The summed E-state index contributed by atoms with van der Waals surface area (Å²) in [6.07, 6.45) is 0.931. The number of hydrogen-bond donors (Lipinski definition) is 2. The predicted octanol–water partition coefficient (Wildman–Crippen LogP) is 2.24. The molecule has 0 fully saturated rings. The fourth-order valence-electron chi connectivity index (χ4n) is 1.00. The lowest BCUT2D eigenvalue weighted by molar-refractivity contribution is 0.878. The van der Waals surface area contributed by atoms with Crippen molar-refractivity contribution in [2.45, 2.75) is 6.42 Å². The summed E-state index contributed by atoms with van der Waals surface area (Å²) in [7, 11) is 0. The molecule has 0 heterocycles.